The van der Waals surface area contributed by atoms with Gasteiger partial charge in [0, 0.05) is 6.04 Å². The van der Waals surface area contributed by atoms with Gasteiger partial charge in [-0.05, 0) is 45.3 Å². The second-order valence-electron chi connectivity index (χ2n) is 4.89. The van der Waals surface area contributed by atoms with Gasteiger partial charge in [0.05, 0.1) is 0 Å². The molecule has 1 atom stereocenters. The average Bonchev–Trinajstić information content (AvgIpc) is 2.16. The fourth-order valence-corrected chi connectivity index (χ4v) is 1.70. The number of hydrogen-bond acceptors (Lipinski definition) is 2. The summed E-state index contributed by atoms with van der Waals surface area (Å²) in [5.41, 5.74) is 0. The summed E-state index contributed by atoms with van der Waals surface area (Å²) in [5.74, 6) is 0.860. The summed E-state index contributed by atoms with van der Waals surface area (Å²) in [7, 11) is 0. The van der Waals surface area contributed by atoms with Gasteiger partial charge < -0.3 is 10.6 Å². The number of rotatable bonds is 10. The highest BCUT2D eigenvalue weighted by Gasteiger charge is 1.98. The predicted molar refractivity (Wildman–Crippen MR) is 69.3 cm³/mol. The SMILES string of the molecule is CCNC(C)CCNCCCCC(C)C. The molecule has 0 aromatic carbocycles. The fourth-order valence-electron chi connectivity index (χ4n) is 1.70. The Bertz CT molecular complexity index is 124. The van der Waals surface area contributed by atoms with Crippen LogP contribution in [0.1, 0.15) is 53.4 Å². The lowest BCUT2D eigenvalue weighted by Gasteiger charge is -2.12. The van der Waals surface area contributed by atoms with E-state index in [1.54, 1.807) is 0 Å². The normalized spacial score (nSPS) is 13.4. The van der Waals surface area contributed by atoms with E-state index in [1.807, 2.05) is 0 Å². The Hall–Kier alpha value is -0.0800. The van der Waals surface area contributed by atoms with E-state index < -0.39 is 0 Å². The van der Waals surface area contributed by atoms with E-state index >= 15 is 0 Å². The van der Waals surface area contributed by atoms with Crippen molar-refractivity contribution in [3.8, 4) is 0 Å². The monoisotopic (exact) mass is 214 g/mol. The topological polar surface area (TPSA) is 24.1 Å². The van der Waals surface area contributed by atoms with Crippen LogP contribution >= 0.6 is 0 Å². The molecule has 0 aliphatic rings. The molecule has 0 saturated carbocycles. The summed E-state index contributed by atoms with van der Waals surface area (Å²) in [5, 5.41) is 6.93. The fraction of sp³-hybridized carbons (Fsp3) is 1.00. The molecule has 1 unspecified atom stereocenters. The van der Waals surface area contributed by atoms with Crippen LogP contribution in [0.2, 0.25) is 0 Å². The molecule has 0 rings (SSSR count). The van der Waals surface area contributed by atoms with Crippen LogP contribution in [0.5, 0.6) is 0 Å². The summed E-state index contributed by atoms with van der Waals surface area (Å²) in [6.45, 7) is 12.4. The van der Waals surface area contributed by atoms with Crippen LogP contribution in [0.15, 0.2) is 0 Å². The molecule has 0 aliphatic heterocycles. The first-order valence-electron chi connectivity index (χ1n) is 6.60. The Morgan fingerprint density at radius 2 is 1.67 bits per heavy atom. The predicted octanol–water partition coefficient (Wildman–Crippen LogP) is 2.79. The number of unbranched alkanes of at least 4 members (excludes halogenated alkanes) is 1. The van der Waals surface area contributed by atoms with Gasteiger partial charge in [-0.3, -0.25) is 0 Å². The second kappa shape index (κ2) is 10.4. The molecule has 0 amide bonds. The van der Waals surface area contributed by atoms with Crippen LogP contribution in [0.3, 0.4) is 0 Å². The molecular weight excluding hydrogens is 184 g/mol. The molecule has 0 fully saturated rings. The molecule has 0 saturated heterocycles. The lowest BCUT2D eigenvalue weighted by Crippen LogP contribution is -2.30. The lowest BCUT2D eigenvalue weighted by atomic mass is 10.1. The third-order valence-corrected chi connectivity index (χ3v) is 2.69. The van der Waals surface area contributed by atoms with Crippen molar-refractivity contribution < 1.29 is 0 Å². The number of hydrogen-bond donors (Lipinski definition) is 2. The van der Waals surface area contributed by atoms with Crippen molar-refractivity contribution in [2.24, 2.45) is 5.92 Å². The van der Waals surface area contributed by atoms with Crippen molar-refractivity contribution in [1.29, 1.82) is 0 Å². The Morgan fingerprint density at radius 1 is 0.933 bits per heavy atom. The quantitative estimate of drug-likeness (QED) is 0.546. The van der Waals surface area contributed by atoms with Gasteiger partial charge in [0.2, 0.25) is 0 Å². The van der Waals surface area contributed by atoms with Crippen LogP contribution in [0.4, 0.5) is 0 Å². The van der Waals surface area contributed by atoms with E-state index in [1.165, 1.54) is 32.2 Å². The summed E-state index contributed by atoms with van der Waals surface area (Å²) < 4.78 is 0. The molecule has 0 bridgehead atoms. The molecular formula is C13H30N2. The maximum atomic E-state index is 3.51. The van der Waals surface area contributed by atoms with Crippen LogP contribution in [0.25, 0.3) is 0 Å². The molecule has 0 spiro atoms. The highest BCUT2D eigenvalue weighted by Crippen LogP contribution is 2.04. The van der Waals surface area contributed by atoms with Crippen molar-refractivity contribution in [3.05, 3.63) is 0 Å². The van der Waals surface area contributed by atoms with Crippen molar-refractivity contribution in [2.75, 3.05) is 19.6 Å². The number of nitrogens with one attached hydrogen (secondary N) is 2. The van der Waals surface area contributed by atoms with E-state index in [0.717, 1.165) is 19.0 Å². The minimum Gasteiger partial charge on any atom is -0.317 e. The maximum Gasteiger partial charge on any atom is 0.00506 e. The smallest absolute Gasteiger partial charge is 0.00506 e. The summed E-state index contributed by atoms with van der Waals surface area (Å²) in [6.07, 6.45) is 5.30. The van der Waals surface area contributed by atoms with Crippen LogP contribution in [-0.4, -0.2) is 25.7 Å². The Labute approximate surface area is 96.2 Å². The van der Waals surface area contributed by atoms with E-state index in [9.17, 15) is 0 Å². The first kappa shape index (κ1) is 14.9. The third kappa shape index (κ3) is 11.8. The van der Waals surface area contributed by atoms with Gasteiger partial charge in [0.1, 0.15) is 0 Å². The molecule has 2 heteroatoms. The van der Waals surface area contributed by atoms with Gasteiger partial charge in [-0.2, -0.15) is 0 Å². The summed E-state index contributed by atoms with van der Waals surface area (Å²) in [6, 6.07) is 0.651. The van der Waals surface area contributed by atoms with E-state index in [4.69, 9.17) is 0 Å². The molecule has 2 nitrogen and oxygen atoms in total. The van der Waals surface area contributed by atoms with E-state index in [2.05, 4.69) is 38.3 Å². The largest absolute Gasteiger partial charge is 0.317 e. The Balaban J connectivity index is 3.04. The van der Waals surface area contributed by atoms with Crippen LogP contribution < -0.4 is 10.6 Å². The first-order chi connectivity index (χ1) is 7.16. The van der Waals surface area contributed by atoms with Gasteiger partial charge in [-0.1, -0.05) is 33.6 Å². The summed E-state index contributed by atoms with van der Waals surface area (Å²) >= 11 is 0. The first-order valence-corrected chi connectivity index (χ1v) is 6.60. The molecule has 92 valence electrons. The minimum atomic E-state index is 0.651. The van der Waals surface area contributed by atoms with Gasteiger partial charge >= 0.3 is 0 Å². The lowest BCUT2D eigenvalue weighted by molar-refractivity contribution is 0.486. The molecule has 0 aromatic heterocycles. The van der Waals surface area contributed by atoms with E-state index in [0.29, 0.717) is 6.04 Å². The molecule has 15 heavy (non-hydrogen) atoms. The minimum absolute atomic E-state index is 0.651. The highest BCUT2D eigenvalue weighted by atomic mass is 14.9. The van der Waals surface area contributed by atoms with E-state index in [-0.39, 0.29) is 0 Å². The average molecular weight is 214 g/mol. The van der Waals surface area contributed by atoms with Crippen molar-refractivity contribution in [3.63, 3.8) is 0 Å². The van der Waals surface area contributed by atoms with Crippen LogP contribution in [0, 0.1) is 5.92 Å². The zero-order chi connectivity index (χ0) is 11.5. The van der Waals surface area contributed by atoms with Crippen molar-refractivity contribution in [2.45, 2.75) is 59.4 Å². The second-order valence-corrected chi connectivity index (χ2v) is 4.89. The van der Waals surface area contributed by atoms with Gasteiger partial charge in [0.25, 0.3) is 0 Å². The highest BCUT2D eigenvalue weighted by molar-refractivity contribution is 4.61. The van der Waals surface area contributed by atoms with Gasteiger partial charge in [0.15, 0.2) is 0 Å². The van der Waals surface area contributed by atoms with Crippen molar-refractivity contribution in [1.82, 2.24) is 10.6 Å². The Kier molecular flexibility index (Phi) is 10.4. The standard InChI is InChI=1S/C13H30N2/c1-5-15-13(4)9-11-14-10-7-6-8-12(2)3/h12-15H,5-11H2,1-4H3. The summed E-state index contributed by atoms with van der Waals surface area (Å²) in [4.78, 5) is 0. The molecule has 0 aromatic rings. The molecule has 0 aliphatic carbocycles. The van der Waals surface area contributed by atoms with Crippen molar-refractivity contribution >= 4 is 0 Å². The maximum absolute atomic E-state index is 3.51. The zero-order valence-corrected chi connectivity index (χ0v) is 11.1. The Morgan fingerprint density at radius 3 is 2.27 bits per heavy atom. The third-order valence-electron chi connectivity index (χ3n) is 2.69. The molecule has 0 heterocycles. The van der Waals surface area contributed by atoms with Crippen LogP contribution in [-0.2, 0) is 0 Å². The molecule has 0 radical (unpaired) electrons. The zero-order valence-electron chi connectivity index (χ0n) is 11.1. The molecule has 2 N–H and O–H groups in total. The van der Waals surface area contributed by atoms with Gasteiger partial charge in [-0.25, -0.2) is 0 Å². The van der Waals surface area contributed by atoms with Gasteiger partial charge in [-0.15, -0.1) is 0 Å².